The second kappa shape index (κ2) is 3.05. The summed E-state index contributed by atoms with van der Waals surface area (Å²) in [7, 11) is 0. The average molecular weight is 147 g/mol. The van der Waals surface area contributed by atoms with Crippen LogP contribution in [0.1, 0.15) is 13.3 Å². The van der Waals surface area contributed by atoms with E-state index in [1.54, 1.807) is 0 Å². The molecule has 1 saturated heterocycles. The molecule has 0 unspecified atom stereocenters. The summed E-state index contributed by atoms with van der Waals surface area (Å²) in [6.45, 7) is 3.86. The molecule has 1 fully saturated rings. The molecule has 0 amide bonds. The van der Waals surface area contributed by atoms with Gasteiger partial charge in [-0.15, -0.1) is 12.4 Å². The highest BCUT2D eigenvalue weighted by Gasteiger charge is 2.27. The third-order valence-corrected chi connectivity index (χ3v) is 1.64. The van der Waals surface area contributed by atoms with Crippen molar-refractivity contribution in [1.29, 1.82) is 5.26 Å². The van der Waals surface area contributed by atoms with Gasteiger partial charge in [-0.05, 0) is 19.9 Å². The zero-order valence-corrected chi connectivity index (χ0v) is 6.29. The second-order valence-corrected chi connectivity index (χ2v) is 2.60. The quantitative estimate of drug-likeness (QED) is 0.552. The van der Waals surface area contributed by atoms with Crippen molar-refractivity contribution in [3.8, 4) is 6.07 Å². The zero-order chi connectivity index (χ0) is 6.04. The van der Waals surface area contributed by atoms with Gasteiger partial charge in [-0.3, -0.25) is 0 Å². The lowest BCUT2D eigenvalue weighted by atomic mass is 9.92. The molecule has 9 heavy (non-hydrogen) atoms. The first-order valence-corrected chi connectivity index (χ1v) is 2.89. The third-order valence-electron chi connectivity index (χ3n) is 1.64. The molecule has 1 heterocycles. The lowest BCUT2D eigenvalue weighted by molar-refractivity contribution is 0.496. The number of rotatable bonds is 0. The Morgan fingerprint density at radius 2 is 2.33 bits per heavy atom. The highest BCUT2D eigenvalue weighted by atomic mass is 35.5. The van der Waals surface area contributed by atoms with Crippen LogP contribution in [0.3, 0.4) is 0 Å². The van der Waals surface area contributed by atoms with Crippen LogP contribution in [0.15, 0.2) is 0 Å². The van der Waals surface area contributed by atoms with Gasteiger partial charge in [-0.1, -0.05) is 0 Å². The number of halogens is 1. The maximum atomic E-state index is 8.54. The maximum Gasteiger partial charge on any atom is 0.0700 e. The number of hydrogen-bond donors (Lipinski definition) is 1. The largest absolute Gasteiger partial charge is 0.315 e. The van der Waals surface area contributed by atoms with Gasteiger partial charge in [0.05, 0.1) is 11.5 Å². The van der Waals surface area contributed by atoms with Crippen molar-refractivity contribution in [1.82, 2.24) is 5.32 Å². The Morgan fingerprint density at radius 1 is 1.67 bits per heavy atom. The van der Waals surface area contributed by atoms with Crippen LogP contribution in [-0.4, -0.2) is 13.1 Å². The van der Waals surface area contributed by atoms with Crippen LogP contribution in [0.2, 0.25) is 0 Å². The summed E-state index contributed by atoms with van der Waals surface area (Å²) < 4.78 is 0. The van der Waals surface area contributed by atoms with Gasteiger partial charge < -0.3 is 5.32 Å². The Morgan fingerprint density at radius 3 is 2.56 bits per heavy atom. The average Bonchev–Trinajstić information content (AvgIpc) is 2.17. The molecule has 0 aliphatic carbocycles. The summed E-state index contributed by atoms with van der Waals surface area (Å²) in [6, 6.07) is 2.28. The van der Waals surface area contributed by atoms with Gasteiger partial charge in [0.2, 0.25) is 0 Å². The number of hydrogen-bond acceptors (Lipinski definition) is 2. The molecule has 0 aromatic carbocycles. The van der Waals surface area contributed by atoms with E-state index < -0.39 is 0 Å². The third kappa shape index (κ3) is 1.85. The molecule has 0 radical (unpaired) electrons. The summed E-state index contributed by atoms with van der Waals surface area (Å²) in [5, 5.41) is 11.7. The molecule has 0 bridgehead atoms. The van der Waals surface area contributed by atoms with Crippen LogP contribution in [0.25, 0.3) is 0 Å². The van der Waals surface area contributed by atoms with Crippen LogP contribution in [0.5, 0.6) is 0 Å². The minimum Gasteiger partial charge on any atom is -0.315 e. The number of nitrogens with one attached hydrogen (secondary N) is 1. The van der Waals surface area contributed by atoms with Crippen molar-refractivity contribution in [2.45, 2.75) is 13.3 Å². The van der Waals surface area contributed by atoms with Crippen LogP contribution in [-0.2, 0) is 0 Å². The molecule has 52 valence electrons. The zero-order valence-electron chi connectivity index (χ0n) is 5.48. The SMILES string of the molecule is C[C@]1(C#N)CCNC1.Cl. The fourth-order valence-electron chi connectivity index (χ4n) is 0.912. The summed E-state index contributed by atoms with van der Waals surface area (Å²) in [6.07, 6.45) is 1.00. The van der Waals surface area contributed by atoms with Crippen molar-refractivity contribution in [2.24, 2.45) is 5.41 Å². The Balaban J connectivity index is 0.000000640. The first kappa shape index (κ1) is 8.74. The van der Waals surface area contributed by atoms with Crippen molar-refractivity contribution >= 4 is 12.4 Å². The molecule has 0 aromatic heterocycles. The van der Waals surface area contributed by atoms with Gasteiger partial charge >= 0.3 is 0 Å². The predicted octanol–water partition coefficient (Wildman–Crippen LogP) is 0.931. The highest BCUT2D eigenvalue weighted by Crippen LogP contribution is 2.21. The van der Waals surface area contributed by atoms with E-state index in [-0.39, 0.29) is 17.8 Å². The predicted molar refractivity (Wildman–Crippen MR) is 38.5 cm³/mol. The van der Waals surface area contributed by atoms with E-state index in [2.05, 4.69) is 11.4 Å². The molecule has 0 spiro atoms. The monoisotopic (exact) mass is 146 g/mol. The summed E-state index contributed by atoms with van der Waals surface area (Å²) >= 11 is 0. The van der Waals surface area contributed by atoms with Gasteiger partial charge in [0.15, 0.2) is 0 Å². The van der Waals surface area contributed by atoms with Crippen LogP contribution in [0.4, 0.5) is 0 Å². The van der Waals surface area contributed by atoms with Gasteiger partial charge in [-0.25, -0.2) is 0 Å². The Labute approximate surface area is 61.7 Å². The van der Waals surface area contributed by atoms with E-state index in [0.29, 0.717) is 0 Å². The van der Waals surface area contributed by atoms with E-state index in [9.17, 15) is 0 Å². The molecule has 0 saturated carbocycles. The molecule has 1 N–H and O–H groups in total. The standard InChI is InChI=1S/C6H10N2.ClH/c1-6(4-7)2-3-8-5-6;/h8H,2-3,5H2,1H3;1H/t6-;/m1./s1. The van der Waals surface area contributed by atoms with Crippen LogP contribution < -0.4 is 5.32 Å². The van der Waals surface area contributed by atoms with Crippen molar-refractivity contribution in [2.75, 3.05) is 13.1 Å². The topological polar surface area (TPSA) is 35.8 Å². The first-order chi connectivity index (χ1) is 3.77. The van der Waals surface area contributed by atoms with Gasteiger partial charge in [0.1, 0.15) is 0 Å². The second-order valence-electron chi connectivity index (χ2n) is 2.60. The lowest BCUT2D eigenvalue weighted by Crippen LogP contribution is -2.17. The normalized spacial score (nSPS) is 32.9. The Kier molecular flexibility index (Phi) is 2.96. The molecule has 0 aromatic rings. The number of nitrogens with zero attached hydrogens (tertiary/aromatic N) is 1. The lowest BCUT2D eigenvalue weighted by Gasteiger charge is -2.08. The first-order valence-electron chi connectivity index (χ1n) is 2.89. The maximum absolute atomic E-state index is 8.54. The van der Waals surface area contributed by atoms with Crippen LogP contribution in [0, 0.1) is 16.7 Å². The van der Waals surface area contributed by atoms with Crippen molar-refractivity contribution < 1.29 is 0 Å². The molecule has 2 nitrogen and oxygen atoms in total. The van der Waals surface area contributed by atoms with E-state index in [0.717, 1.165) is 19.5 Å². The van der Waals surface area contributed by atoms with E-state index in [4.69, 9.17) is 5.26 Å². The number of nitriles is 1. The van der Waals surface area contributed by atoms with Gasteiger partial charge in [0.25, 0.3) is 0 Å². The Bertz CT molecular complexity index is 122. The van der Waals surface area contributed by atoms with Gasteiger partial charge in [-0.2, -0.15) is 5.26 Å². The van der Waals surface area contributed by atoms with E-state index in [1.807, 2.05) is 6.92 Å². The van der Waals surface area contributed by atoms with E-state index in [1.165, 1.54) is 0 Å². The fraction of sp³-hybridized carbons (Fsp3) is 0.833. The van der Waals surface area contributed by atoms with E-state index >= 15 is 0 Å². The van der Waals surface area contributed by atoms with Crippen LogP contribution >= 0.6 is 12.4 Å². The fourth-order valence-corrected chi connectivity index (χ4v) is 0.912. The molecule has 1 rings (SSSR count). The molecular weight excluding hydrogens is 136 g/mol. The summed E-state index contributed by atoms with van der Waals surface area (Å²) in [5.41, 5.74) is -0.0694. The van der Waals surface area contributed by atoms with Crippen molar-refractivity contribution in [3.63, 3.8) is 0 Å². The highest BCUT2D eigenvalue weighted by molar-refractivity contribution is 5.85. The van der Waals surface area contributed by atoms with Gasteiger partial charge in [0, 0.05) is 6.54 Å². The molecule has 1 aliphatic rings. The van der Waals surface area contributed by atoms with Crippen molar-refractivity contribution in [3.05, 3.63) is 0 Å². The molecule has 1 aliphatic heterocycles. The minimum atomic E-state index is -0.0694. The molecule has 3 heteroatoms. The summed E-state index contributed by atoms with van der Waals surface area (Å²) in [4.78, 5) is 0. The minimum absolute atomic E-state index is 0. The Hall–Kier alpha value is -0.260. The smallest absolute Gasteiger partial charge is 0.0700 e. The summed E-state index contributed by atoms with van der Waals surface area (Å²) in [5.74, 6) is 0. The molecule has 1 atom stereocenters. The molecular formula is C6H11ClN2.